The number of carbonyl (C=O) groups is 1. The SMILES string of the molecule is CC(C)OC1CCC(OC2CCC(C(F)(F)F)CC2C(=O)NC2CCCC(S(N)(=O)=O)C2)CC1. The number of alkyl halides is 3. The van der Waals surface area contributed by atoms with E-state index >= 15 is 0 Å². The Hall–Kier alpha value is -0.910. The number of primary sulfonamides is 1. The van der Waals surface area contributed by atoms with Gasteiger partial charge in [-0.25, -0.2) is 13.6 Å². The smallest absolute Gasteiger partial charge is 0.376 e. The van der Waals surface area contributed by atoms with E-state index < -0.39 is 51.3 Å². The van der Waals surface area contributed by atoms with Crippen LogP contribution >= 0.6 is 0 Å². The highest BCUT2D eigenvalue weighted by atomic mass is 32.2. The van der Waals surface area contributed by atoms with Crippen molar-refractivity contribution in [2.45, 2.75) is 126 Å². The van der Waals surface area contributed by atoms with Crippen LogP contribution in [-0.4, -0.2) is 56.2 Å². The van der Waals surface area contributed by atoms with Crippen LogP contribution in [0.25, 0.3) is 0 Å². The summed E-state index contributed by atoms with van der Waals surface area (Å²) in [4.78, 5) is 13.2. The van der Waals surface area contributed by atoms with E-state index in [1.165, 1.54) is 0 Å². The molecule has 3 rings (SSSR count). The molecule has 3 aliphatic carbocycles. The van der Waals surface area contributed by atoms with Gasteiger partial charge in [-0.1, -0.05) is 6.42 Å². The average molecular weight is 513 g/mol. The number of sulfonamides is 1. The minimum atomic E-state index is -4.36. The molecule has 0 aromatic heterocycles. The lowest BCUT2D eigenvalue weighted by atomic mass is 9.78. The van der Waals surface area contributed by atoms with Crippen LogP contribution in [0.1, 0.15) is 84.5 Å². The largest absolute Gasteiger partial charge is 0.391 e. The van der Waals surface area contributed by atoms with Gasteiger partial charge >= 0.3 is 6.18 Å². The van der Waals surface area contributed by atoms with E-state index in [0.717, 1.165) is 25.7 Å². The van der Waals surface area contributed by atoms with E-state index in [4.69, 9.17) is 14.6 Å². The number of rotatable bonds is 7. The quantitative estimate of drug-likeness (QED) is 0.540. The van der Waals surface area contributed by atoms with Crippen molar-refractivity contribution in [2.24, 2.45) is 17.0 Å². The summed E-state index contributed by atoms with van der Waals surface area (Å²) in [6.45, 7) is 3.98. The molecule has 0 aliphatic heterocycles. The fraction of sp³-hybridized carbons (Fsp3) is 0.957. The van der Waals surface area contributed by atoms with Crippen LogP contribution in [0, 0.1) is 11.8 Å². The van der Waals surface area contributed by atoms with Crippen LogP contribution in [0.5, 0.6) is 0 Å². The predicted octanol–water partition coefficient (Wildman–Crippen LogP) is 3.80. The molecule has 5 atom stereocenters. The molecule has 0 radical (unpaired) electrons. The van der Waals surface area contributed by atoms with Crippen molar-refractivity contribution in [1.82, 2.24) is 5.32 Å². The van der Waals surface area contributed by atoms with Crippen LogP contribution in [0.3, 0.4) is 0 Å². The van der Waals surface area contributed by atoms with Gasteiger partial charge in [-0.15, -0.1) is 0 Å². The van der Waals surface area contributed by atoms with Gasteiger partial charge in [0.25, 0.3) is 0 Å². The molecule has 0 spiro atoms. The van der Waals surface area contributed by atoms with E-state index in [0.29, 0.717) is 19.3 Å². The van der Waals surface area contributed by atoms with E-state index in [2.05, 4.69) is 5.32 Å². The van der Waals surface area contributed by atoms with Crippen molar-refractivity contribution in [1.29, 1.82) is 0 Å². The van der Waals surface area contributed by atoms with Gasteiger partial charge in [0.1, 0.15) is 0 Å². The number of amides is 1. The van der Waals surface area contributed by atoms with Gasteiger partial charge in [-0.05, 0) is 78.1 Å². The maximum atomic E-state index is 13.5. The van der Waals surface area contributed by atoms with Crippen molar-refractivity contribution in [3.63, 3.8) is 0 Å². The molecule has 34 heavy (non-hydrogen) atoms. The summed E-state index contributed by atoms with van der Waals surface area (Å²) < 4.78 is 76.0. The van der Waals surface area contributed by atoms with Crippen molar-refractivity contribution in [3.8, 4) is 0 Å². The lowest BCUT2D eigenvalue weighted by Gasteiger charge is -2.40. The minimum Gasteiger partial charge on any atom is -0.376 e. The van der Waals surface area contributed by atoms with E-state index in [1.54, 1.807) is 0 Å². The first-order valence-electron chi connectivity index (χ1n) is 12.5. The molecular weight excluding hydrogens is 473 g/mol. The topological polar surface area (TPSA) is 108 Å². The average Bonchev–Trinajstić information content (AvgIpc) is 2.74. The Labute approximate surface area is 200 Å². The van der Waals surface area contributed by atoms with Gasteiger partial charge in [0.15, 0.2) is 0 Å². The second-order valence-electron chi connectivity index (χ2n) is 10.5. The molecule has 11 heteroatoms. The Morgan fingerprint density at radius 1 is 0.971 bits per heavy atom. The van der Waals surface area contributed by atoms with Gasteiger partial charge in [-0.3, -0.25) is 4.79 Å². The zero-order valence-electron chi connectivity index (χ0n) is 20.1. The maximum Gasteiger partial charge on any atom is 0.391 e. The molecule has 0 aromatic carbocycles. The van der Waals surface area contributed by atoms with Gasteiger partial charge in [-0.2, -0.15) is 13.2 Å². The molecule has 0 bridgehead atoms. The molecule has 7 nitrogen and oxygen atoms in total. The number of carbonyl (C=O) groups excluding carboxylic acids is 1. The highest BCUT2D eigenvalue weighted by Crippen LogP contribution is 2.42. The third-order valence-corrected chi connectivity index (χ3v) is 8.83. The Bertz CT molecular complexity index is 784. The molecule has 0 saturated heterocycles. The summed E-state index contributed by atoms with van der Waals surface area (Å²) in [6, 6.07) is -0.417. The van der Waals surface area contributed by atoms with E-state index in [9.17, 15) is 26.4 Å². The van der Waals surface area contributed by atoms with Crippen LogP contribution in [0.2, 0.25) is 0 Å². The summed E-state index contributed by atoms with van der Waals surface area (Å²) in [5.74, 6) is -2.93. The van der Waals surface area contributed by atoms with Gasteiger partial charge in [0.05, 0.1) is 41.5 Å². The van der Waals surface area contributed by atoms with Gasteiger partial charge in [0, 0.05) is 6.04 Å². The first kappa shape index (κ1) is 27.7. The van der Waals surface area contributed by atoms with Gasteiger partial charge < -0.3 is 14.8 Å². The number of hydrogen-bond donors (Lipinski definition) is 2. The molecule has 3 aliphatic rings. The Balaban J connectivity index is 1.63. The number of halogens is 3. The second kappa shape index (κ2) is 11.4. The normalized spacial score (nSPS) is 35.8. The third kappa shape index (κ3) is 7.80. The minimum absolute atomic E-state index is 0.0549. The number of nitrogens with one attached hydrogen (secondary N) is 1. The Morgan fingerprint density at radius 2 is 1.62 bits per heavy atom. The first-order chi connectivity index (χ1) is 15.8. The first-order valence-corrected chi connectivity index (χ1v) is 14.1. The zero-order valence-corrected chi connectivity index (χ0v) is 20.9. The summed E-state index contributed by atoms with van der Waals surface area (Å²) in [7, 11) is -3.72. The lowest BCUT2D eigenvalue weighted by Crippen LogP contribution is -2.50. The summed E-state index contributed by atoms with van der Waals surface area (Å²) in [5.41, 5.74) is 0. The number of ether oxygens (including phenoxy) is 2. The lowest BCUT2D eigenvalue weighted by molar-refractivity contribution is -0.199. The molecule has 0 aromatic rings. The van der Waals surface area contributed by atoms with Crippen LogP contribution in [0.15, 0.2) is 0 Å². The highest BCUT2D eigenvalue weighted by Gasteiger charge is 2.48. The number of nitrogens with two attached hydrogens (primary N) is 1. The number of hydrogen-bond acceptors (Lipinski definition) is 5. The van der Waals surface area contributed by atoms with Gasteiger partial charge in [0.2, 0.25) is 15.9 Å². The summed E-state index contributed by atoms with van der Waals surface area (Å²) in [5, 5.41) is 7.37. The zero-order chi connectivity index (χ0) is 25.1. The van der Waals surface area contributed by atoms with E-state index in [1.807, 2.05) is 13.8 Å². The van der Waals surface area contributed by atoms with Crippen molar-refractivity contribution < 1.29 is 35.9 Å². The standard InChI is InChI=1S/C23H39F3N2O5S/c1-14(2)32-17-7-9-18(10-8-17)33-21-11-6-15(23(24,25)26)12-20(21)22(29)28-16-4-3-5-19(13-16)34(27,30)31/h14-21H,3-13H2,1-2H3,(H,28,29)(H2,27,30,31). The van der Waals surface area contributed by atoms with Crippen LogP contribution in [-0.2, 0) is 24.3 Å². The van der Waals surface area contributed by atoms with Crippen LogP contribution in [0.4, 0.5) is 13.2 Å². The molecule has 3 saturated carbocycles. The molecular formula is C23H39F3N2O5S. The van der Waals surface area contributed by atoms with E-state index in [-0.39, 0.29) is 44.0 Å². The fourth-order valence-electron chi connectivity index (χ4n) is 5.70. The maximum absolute atomic E-state index is 13.5. The van der Waals surface area contributed by atoms with Crippen molar-refractivity contribution in [3.05, 3.63) is 0 Å². The monoisotopic (exact) mass is 512 g/mol. The molecule has 5 unspecified atom stereocenters. The summed E-state index contributed by atoms with van der Waals surface area (Å²) >= 11 is 0. The molecule has 198 valence electrons. The fourth-order valence-corrected chi connectivity index (χ4v) is 6.69. The molecule has 0 heterocycles. The van der Waals surface area contributed by atoms with Crippen molar-refractivity contribution >= 4 is 15.9 Å². The molecule has 1 amide bonds. The second-order valence-corrected chi connectivity index (χ2v) is 12.3. The molecule has 3 fully saturated rings. The predicted molar refractivity (Wildman–Crippen MR) is 121 cm³/mol. The third-order valence-electron chi connectivity index (χ3n) is 7.48. The molecule has 3 N–H and O–H groups in total. The summed E-state index contributed by atoms with van der Waals surface area (Å²) in [6.07, 6.45) is 0.0235. The highest BCUT2D eigenvalue weighted by molar-refractivity contribution is 7.89. The van der Waals surface area contributed by atoms with Crippen LogP contribution < -0.4 is 10.5 Å². The Kier molecular flexibility index (Phi) is 9.30. The Morgan fingerprint density at radius 3 is 2.21 bits per heavy atom. The van der Waals surface area contributed by atoms with Crippen molar-refractivity contribution in [2.75, 3.05) is 0 Å².